The topological polar surface area (TPSA) is 82.0 Å². The molecule has 0 aromatic carbocycles. The van der Waals surface area contributed by atoms with E-state index in [1.807, 2.05) is 4.57 Å². The van der Waals surface area contributed by atoms with E-state index in [2.05, 4.69) is 21.9 Å². The van der Waals surface area contributed by atoms with Crippen LogP contribution in [-0.2, 0) is 21.1 Å². The predicted molar refractivity (Wildman–Crippen MR) is 101 cm³/mol. The summed E-state index contributed by atoms with van der Waals surface area (Å²) in [5.74, 6) is 2.13. The van der Waals surface area contributed by atoms with Gasteiger partial charge in [0.25, 0.3) is 5.56 Å². The van der Waals surface area contributed by atoms with Gasteiger partial charge in [0, 0.05) is 17.9 Å². The Kier molecular flexibility index (Phi) is 4.79. The van der Waals surface area contributed by atoms with Crippen LogP contribution < -0.4 is 5.56 Å². The van der Waals surface area contributed by atoms with Crippen molar-refractivity contribution in [2.24, 2.45) is 0 Å². The van der Waals surface area contributed by atoms with Gasteiger partial charge < -0.3 is 14.2 Å². The van der Waals surface area contributed by atoms with Gasteiger partial charge in [-0.1, -0.05) is 29.7 Å². The van der Waals surface area contributed by atoms with Crippen molar-refractivity contribution in [1.29, 1.82) is 0 Å². The molecule has 0 spiro atoms. The van der Waals surface area contributed by atoms with E-state index in [0.717, 1.165) is 17.9 Å². The Morgan fingerprint density at radius 2 is 2.29 bits per heavy atom. The third-order valence-electron chi connectivity index (χ3n) is 4.10. The molecule has 0 bridgehead atoms. The lowest BCUT2D eigenvalue weighted by atomic mass is 10.1. The van der Waals surface area contributed by atoms with Crippen LogP contribution in [0.2, 0.25) is 0 Å². The molecule has 2 fully saturated rings. The molecule has 2 aliphatic rings. The molecule has 7 nitrogen and oxygen atoms in total. The number of hydrogen-bond acceptors (Lipinski definition) is 8. The zero-order chi connectivity index (χ0) is 16.7. The van der Waals surface area contributed by atoms with Gasteiger partial charge in [0.15, 0.2) is 15.8 Å². The summed E-state index contributed by atoms with van der Waals surface area (Å²) in [6, 6.07) is 0. The molecule has 130 valence electrons. The van der Waals surface area contributed by atoms with E-state index in [1.54, 1.807) is 29.1 Å². The zero-order valence-electron chi connectivity index (χ0n) is 13.0. The monoisotopic (exact) mass is 404 g/mol. The average Bonchev–Trinajstić information content (AvgIpc) is 3.26. The number of nitrogens with zero attached hydrogens (tertiary/aromatic N) is 3. The summed E-state index contributed by atoms with van der Waals surface area (Å²) in [4.78, 5) is 22.8. The van der Waals surface area contributed by atoms with Gasteiger partial charge in [0.1, 0.15) is 6.23 Å². The Balaban J connectivity index is 1.59. The minimum atomic E-state index is -1.84. The highest BCUT2D eigenvalue weighted by molar-refractivity contribution is 9.00. The molecule has 1 N–H and O–H groups in total. The quantitative estimate of drug-likeness (QED) is 0.779. The first-order valence-electron chi connectivity index (χ1n) is 7.73. The number of aromatic nitrogens is 4. The van der Waals surface area contributed by atoms with Crippen molar-refractivity contribution in [3.63, 3.8) is 0 Å². The third kappa shape index (κ3) is 3.08. The summed E-state index contributed by atoms with van der Waals surface area (Å²) in [7, 11) is 0. The molecule has 3 atom stereocenters. The summed E-state index contributed by atoms with van der Waals surface area (Å²) < 4.78 is 12.5. The maximum Gasteiger partial charge on any atom is 0.278 e. The van der Waals surface area contributed by atoms with Crippen LogP contribution in [0.3, 0.4) is 0 Å². The number of hydrogen-bond donors (Lipinski definition) is 1. The normalized spacial score (nSPS) is 29.5. The summed E-state index contributed by atoms with van der Waals surface area (Å²) in [6.45, 7) is 2.09. The van der Waals surface area contributed by atoms with Gasteiger partial charge in [-0.25, -0.2) is 9.97 Å². The summed E-state index contributed by atoms with van der Waals surface area (Å²) in [6.07, 6.45) is 4.28. The largest absolute Gasteiger partial charge is 0.352 e. The van der Waals surface area contributed by atoms with E-state index in [1.165, 1.54) is 6.33 Å². The summed E-state index contributed by atoms with van der Waals surface area (Å²) >= 11 is 9.28. The van der Waals surface area contributed by atoms with Gasteiger partial charge >= 0.3 is 0 Å². The minimum Gasteiger partial charge on any atom is -0.352 e. The lowest BCUT2D eigenvalue weighted by molar-refractivity contribution is -0.0124. The first-order chi connectivity index (χ1) is 11.6. The number of fused-ring (bicyclic) bond motifs is 1. The fourth-order valence-corrected chi connectivity index (χ4v) is 12.4. The molecule has 4 rings (SSSR count). The van der Waals surface area contributed by atoms with Crippen LogP contribution in [0.1, 0.15) is 26.0 Å². The van der Waals surface area contributed by atoms with E-state index in [9.17, 15) is 4.79 Å². The molecule has 2 aliphatic heterocycles. The highest BCUT2D eigenvalue weighted by Gasteiger charge is 2.40. The fourth-order valence-electron chi connectivity index (χ4n) is 2.98. The van der Waals surface area contributed by atoms with E-state index < -0.39 is 4.67 Å². The number of rotatable bonds is 4. The lowest BCUT2D eigenvalue weighted by Crippen LogP contribution is -2.21. The summed E-state index contributed by atoms with van der Waals surface area (Å²) in [5.41, 5.74) is 0.616. The highest BCUT2D eigenvalue weighted by Crippen LogP contribution is 2.75. The van der Waals surface area contributed by atoms with E-state index in [-0.39, 0.29) is 24.0 Å². The predicted octanol–water partition coefficient (Wildman–Crippen LogP) is 2.91. The molecular formula is C13H17N4O3PS3. The van der Waals surface area contributed by atoms with Crippen molar-refractivity contribution < 1.29 is 9.26 Å². The number of aromatic amines is 1. The molecule has 4 heterocycles. The van der Waals surface area contributed by atoms with Crippen molar-refractivity contribution in [2.45, 2.75) is 38.2 Å². The Bertz CT molecular complexity index is 846. The molecule has 0 amide bonds. The van der Waals surface area contributed by atoms with Crippen LogP contribution >= 0.6 is 27.4 Å². The summed E-state index contributed by atoms with van der Waals surface area (Å²) in [5, 5.41) is 0. The van der Waals surface area contributed by atoms with Gasteiger partial charge in [0.2, 0.25) is 0 Å². The van der Waals surface area contributed by atoms with Crippen molar-refractivity contribution in [3.05, 3.63) is 23.0 Å². The smallest absolute Gasteiger partial charge is 0.278 e. The SMILES string of the molecule is CC[C@H]1O[C@@H](n2cnc3c(=O)[nH]cnc32)C[C@@H]1OP1(=S)SCCS1. The second-order valence-electron chi connectivity index (χ2n) is 5.59. The zero-order valence-corrected chi connectivity index (χ0v) is 16.3. The standard InChI is InChI=1S/C13H17N4O3PS3/c1-2-8-9(20-21(22)23-3-4-24-21)5-10(19-8)17-7-16-11-12(17)14-6-15-13(11)18/h6-10H,2-5H2,1H3,(H,14,15,18)/t8-,9+,10-/m1/s1. The molecule has 11 heteroatoms. The second kappa shape index (κ2) is 6.74. The van der Waals surface area contributed by atoms with Crippen molar-refractivity contribution >= 4 is 50.4 Å². The van der Waals surface area contributed by atoms with Gasteiger partial charge in [-0.2, -0.15) is 0 Å². The lowest BCUT2D eigenvalue weighted by Gasteiger charge is -2.22. The average molecular weight is 404 g/mol. The first kappa shape index (κ1) is 17.1. The Morgan fingerprint density at radius 3 is 3.04 bits per heavy atom. The van der Waals surface area contributed by atoms with Gasteiger partial charge in [-0.15, -0.1) is 0 Å². The highest BCUT2D eigenvalue weighted by atomic mass is 33.2. The van der Waals surface area contributed by atoms with Crippen LogP contribution in [0.5, 0.6) is 0 Å². The maximum absolute atomic E-state index is 11.8. The molecule has 24 heavy (non-hydrogen) atoms. The van der Waals surface area contributed by atoms with Crippen molar-refractivity contribution in [2.75, 3.05) is 11.5 Å². The molecule has 2 saturated heterocycles. The second-order valence-corrected chi connectivity index (χ2v) is 16.3. The van der Waals surface area contributed by atoms with Crippen LogP contribution in [0, 0.1) is 0 Å². The Labute approximate surface area is 151 Å². The molecule has 0 radical (unpaired) electrons. The third-order valence-corrected chi connectivity index (χ3v) is 13.9. The molecule has 2 aromatic rings. The van der Waals surface area contributed by atoms with Crippen LogP contribution in [-0.4, -0.2) is 43.2 Å². The van der Waals surface area contributed by atoms with Crippen LogP contribution in [0.15, 0.2) is 17.4 Å². The molecular weight excluding hydrogens is 387 g/mol. The van der Waals surface area contributed by atoms with Crippen LogP contribution in [0.4, 0.5) is 0 Å². The van der Waals surface area contributed by atoms with Gasteiger partial charge in [-0.3, -0.25) is 9.36 Å². The van der Waals surface area contributed by atoms with E-state index >= 15 is 0 Å². The Hall–Kier alpha value is -0.380. The van der Waals surface area contributed by atoms with E-state index in [4.69, 9.17) is 21.1 Å². The molecule has 0 unspecified atom stereocenters. The van der Waals surface area contributed by atoms with Crippen molar-refractivity contribution in [3.8, 4) is 0 Å². The molecule has 0 saturated carbocycles. The first-order valence-corrected chi connectivity index (χ1v) is 13.6. The van der Waals surface area contributed by atoms with Gasteiger partial charge in [0.05, 0.1) is 24.9 Å². The Morgan fingerprint density at radius 1 is 1.50 bits per heavy atom. The number of ether oxygens (including phenoxy) is 1. The fraction of sp³-hybridized carbons (Fsp3) is 0.615. The number of H-pyrrole nitrogens is 1. The van der Waals surface area contributed by atoms with Crippen molar-refractivity contribution in [1.82, 2.24) is 19.5 Å². The van der Waals surface area contributed by atoms with Crippen LogP contribution in [0.25, 0.3) is 11.2 Å². The molecule has 2 aromatic heterocycles. The van der Waals surface area contributed by atoms with Gasteiger partial charge in [-0.05, 0) is 18.2 Å². The maximum atomic E-state index is 11.8. The number of imidazole rings is 1. The van der Waals surface area contributed by atoms with E-state index in [0.29, 0.717) is 17.6 Å². The number of nitrogens with one attached hydrogen (secondary N) is 1. The molecule has 0 aliphatic carbocycles. The minimum absolute atomic E-state index is 0.00364.